The fourth-order valence-electron chi connectivity index (χ4n) is 2.07. The van der Waals surface area contributed by atoms with E-state index in [-0.39, 0.29) is 6.61 Å². The van der Waals surface area contributed by atoms with Gasteiger partial charge in [0.15, 0.2) is 0 Å². The molecule has 108 valence electrons. The van der Waals surface area contributed by atoms with Crippen molar-refractivity contribution in [2.75, 3.05) is 13.1 Å². The van der Waals surface area contributed by atoms with Gasteiger partial charge in [0.05, 0.1) is 0 Å². The number of piperidine rings is 1. The number of likely N-dealkylation sites (tertiary alicyclic amines) is 1. The van der Waals surface area contributed by atoms with Gasteiger partial charge >= 0.3 is 12.1 Å². The molecule has 1 aromatic carbocycles. The molecule has 0 bridgehead atoms. The van der Waals surface area contributed by atoms with Crippen LogP contribution in [-0.4, -0.2) is 39.5 Å². The second-order valence-electron chi connectivity index (χ2n) is 4.80. The molecule has 1 heterocycles. The molecule has 1 fully saturated rings. The molecule has 0 aliphatic carbocycles. The van der Waals surface area contributed by atoms with Gasteiger partial charge in [0.2, 0.25) is 0 Å². The van der Waals surface area contributed by atoms with E-state index in [9.17, 15) is 9.59 Å². The van der Waals surface area contributed by atoms with E-state index in [1.54, 1.807) is 4.90 Å². The van der Waals surface area contributed by atoms with Gasteiger partial charge in [0.1, 0.15) is 10.9 Å². The van der Waals surface area contributed by atoms with Crippen molar-refractivity contribution in [1.82, 2.24) is 4.90 Å². The third kappa shape index (κ3) is 3.50. The summed E-state index contributed by atoms with van der Waals surface area (Å²) in [5.74, 6) is -0.880. The van der Waals surface area contributed by atoms with E-state index in [1.165, 1.54) is 0 Å². The van der Waals surface area contributed by atoms with Crippen LogP contribution in [0.5, 0.6) is 0 Å². The molecule has 0 radical (unpaired) electrons. The maximum atomic E-state index is 11.9. The van der Waals surface area contributed by atoms with Gasteiger partial charge < -0.3 is 14.7 Å². The van der Waals surface area contributed by atoms with E-state index < -0.39 is 16.4 Å². The van der Waals surface area contributed by atoms with Crippen LogP contribution in [0.4, 0.5) is 4.79 Å². The number of alkyl halides is 1. The summed E-state index contributed by atoms with van der Waals surface area (Å²) in [7, 11) is 0. The molecule has 1 saturated heterocycles. The lowest BCUT2D eigenvalue weighted by molar-refractivity contribution is -0.140. The van der Waals surface area contributed by atoms with Gasteiger partial charge in [-0.25, -0.2) is 4.79 Å². The lowest BCUT2D eigenvalue weighted by Crippen LogP contribution is -2.47. The number of carboxylic acid groups (broad SMARTS) is 1. The zero-order valence-corrected chi connectivity index (χ0v) is 12.5. The average Bonchev–Trinajstić information content (AvgIpc) is 2.46. The van der Waals surface area contributed by atoms with Gasteiger partial charge in [0.25, 0.3) is 0 Å². The molecule has 1 aromatic rings. The number of amides is 1. The largest absolute Gasteiger partial charge is 0.480 e. The maximum absolute atomic E-state index is 11.9. The van der Waals surface area contributed by atoms with Crippen LogP contribution in [0.1, 0.15) is 18.4 Å². The van der Waals surface area contributed by atoms with E-state index in [2.05, 4.69) is 15.9 Å². The first-order chi connectivity index (χ1) is 9.51. The molecule has 0 atom stereocenters. The van der Waals surface area contributed by atoms with Crippen molar-refractivity contribution in [1.29, 1.82) is 0 Å². The standard InChI is InChI=1S/C14H16BrNO4/c15-14(12(17)18)6-8-16(9-7-14)13(19)20-10-11-4-2-1-3-5-11/h1-5H,6-10H2,(H,17,18). The Hall–Kier alpha value is -1.56. The molecule has 1 amide bonds. The first-order valence-electron chi connectivity index (χ1n) is 6.39. The highest BCUT2D eigenvalue weighted by atomic mass is 79.9. The Balaban J connectivity index is 1.82. The van der Waals surface area contributed by atoms with Crippen molar-refractivity contribution in [3.8, 4) is 0 Å². The quantitative estimate of drug-likeness (QED) is 0.858. The van der Waals surface area contributed by atoms with E-state index >= 15 is 0 Å². The summed E-state index contributed by atoms with van der Waals surface area (Å²) in [6.45, 7) is 0.991. The van der Waals surface area contributed by atoms with E-state index in [0.717, 1.165) is 5.56 Å². The Kier molecular flexibility index (Phi) is 4.65. The highest BCUT2D eigenvalue weighted by Gasteiger charge is 2.40. The second-order valence-corrected chi connectivity index (χ2v) is 6.32. The molecule has 0 saturated carbocycles. The molecule has 20 heavy (non-hydrogen) atoms. The van der Waals surface area contributed by atoms with Crippen molar-refractivity contribution in [2.24, 2.45) is 0 Å². The number of hydrogen-bond donors (Lipinski definition) is 1. The Morgan fingerprint density at radius 2 is 1.85 bits per heavy atom. The van der Waals surface area contributed by atoms with Gasteiger partial charge in [-0.2, -0.15) is 0 Å². The van der Waals surface area contributed by atoms with Crippen LogP contribution in [0.3, 0.4) is 0 Å². The molecule has 5 nitrogen and oxygen atoms in total. The predicted molar refractivity (Wildman–Crippen MR) is 76.7 cm³/mol. The second kappa shape index (κ2) is 6.26. The summed E-state index contributed by atoms with van der Waals surface area (Å²) in [4.78, 5) is 24.5. The molecule has 1 N–H and O–H groups in total. The van der Waals surface area contributed by atoms with Crippen LogP contribution in [0.2, 0.25) is 0 Å². The highest BCUT2D eigenvalue weighted by Crippen LogP contribution is 2.31. The number of benzene rings is 1. The topological polar surface area (TPSA) is 66.8 Å². The molecule has 1 aliphatic heterocycles. The summed E-state index contributed by atoms with van der Waals surface area (Å²) in [6, 6.07) is 9.44. The minimum absolute atomic E-state index is 0.231. The Labute approximate surface area is 125 Å². The summed E-state index contributed by atoms with van der Waals surface area (Å²) in [5.41, 5.74) is 0.929. The van der Waals surface area contributed by atoms with E-state index in [0.29, 0.717) is 25.9 Å². The van der Waals surface area contributed by atoms with Crippen molar-refractivity contribution in [3.05, 3.63) is 35.9 Å². The number of carboxylic acids is 1. The summed E-state index contributed by atoms with van der Waals surface area (Å²) >= 11 is 3.23. The summed E-state index contributed by atoms with van der Waals surface area (Å²) < 4.78 is 4.31. The number of halogens is 1. The van der Waals surface area contributed by atoms with Gasteiger partial charge in [-0.05, 0) is 18.4 Å². The number of aliphatic carboxylic acids is 1. The SMILES string of the molecule is O=C(OCc1ccccc1)N1CCC(Br)(C(=O)O)CC1. The molecular formula is C14H16BrNO4. The highest BCUT2D eigenvalue weighted by molar-refractivity contribution is 9.10. The lowest BCUT2D eigenvalue weighted by atomic mass is 9.97. The van der Waals surface area contributed by atoms with Crippen LogP contribution >= 0.6 is 15.9 Å². The third-order valence-corrected chi connectivity index (χ3v) is 4.53. The number of nitrogens with zero attached hydrogens (tertiary/aromatic N) is 1. The Morgan fingerprint density at radius 3 is 2.40 bits per heavy atom. The van der Waals surface area contributed by atoms with Gasteiger partial charge in [0, 0.05) is 13.1 Å². The maximum Gasteiger partial charge on any atom is 0.410 e. The van der Waals surface area contributed by atoms with Gasteiger partial charge in [-0.15, -0.1) is 0 Å². The minimum Gasteiger partial charge on any atom is -0.480 e. The summed E-state index contributed by atoms with van der Waals surface area (Å²) in [5, 5.41) is 9.09. The Bertz CT molecular complexity index is 483. The van der Waals surface area contributed by atoms with Crippen LogP contribution in [-0.2, 0) is 16.1 Å². The number of hydrogen-bond acceptors (Lipinski definition) is 3. The zero-order chi connectivity index (χ0) is 14.6. The lowest BCUT2D eigenvalue weighted by Gasteiger charge is -2.34. The normalized spacial score (nSPS) is 17.6. The molecule has 1 aliphatic rings. The van der Waals surface area contributed by atoms with Crippen LogP contribution in [0.25, 0.3) is 0 Å². The van der Waals surface area contributed by atoms with E-state index in [1.807, 2.05) is 30.3 Å². The average molecular weight is 342 g/mol. The summed E-state index contributed by atoms with van der Waals surface area (Å²) in [6.07, 6.45) is 0.361. The molecule has 6 heteroatoms. The van der Waals surface area contributed by atoms with Crippen molar-refractivity contribution >= 4 is 28.0 Å². The molecule has 2 rings (SSSR count). The number of ether oxygens (including phenoxy) is 1. The van der Waals surface area contributed by atoms with Crippen LogP contribution in [0, 0.1) is 0 Å². The van der Waals surface area contributed by atoms with E-state index in [4.69, 9.17) is 9.84 Å². The minimum atomic E-state index is -0.913. The third-order valence-electron chi connectivity index (χ3n) is 3.40. The predicted octanol–water partition coefficient (Wildman–Crippen LogP) is 2.64. The molecule has 0 unspecified atom stereocenters. The monoisotopic (exact) mass is 341 g/mol. The molecular weight excluding hydrogens is 326 g/mol. The number of rotatable bonds is 3. The van der Waals surface area contributed by atoms with Crippen LogP contribution < -0.4 is 0 Å². The first-order valence-corrected chi connectivity index (χ1v) is 7.18. The van der Waals surface area contributed by atoms with Crippen molar-refractivity contribution in [2.45, 2.75) is 23.8 Å². The zero-order valence-electron chi connectivity index (χ0n) is 10.9. The van der Waals surface area contributed by atoms with Gasteiger partial charge in [-0.3, -0.25) is 4.79 Å². The molecule has 0 aromatic heterocycles. The van der Waals surface area contributed by atoms with Crippen molar-refractivity contribution in [3.63, 3.8) is 0 Å². The Morgan fingerprint density at radius 1 is 1.25 bits per heavy atom. The number of carbonyl (C=O) groups excluding carboxylic acids is 1. The smallest absolute Gasteiger partial charge is 0.410 e. The molecule has 0 spiro atoms. The van der Waals surface area contributed by atoms with Gasteiger partial charge in [-0.1, -0.05) is 46.3 Å². The fourth-order valence-corrected chi connectivity index (χ4v) is 2.42. The fraction of sp³-hybridized carbons (Fsp3) is 0.429. The van der Waals surface area contributed by atoms with Crippen LogP contribution in [0.15, 0.2) is 30.3 Å². The number of carbonyl (C=O) groups is 2. The van der Waals surface area contributed by atoms with Crippen molar-refractivity contribution < 1.29 is 19.4 Å². The first kappa shape index (κ1) is 14.8.